The topological polar surface area (TPSA) is 89.7 Å². The van der Waals surface area contributed by atoms with Crippen molar-refractivity contribution in [3.63, 3.8) is 0 Å². The first kappa shape index (κ1) is 15.1. The number of halogens is 2. The van der Waals surface area contributed by atoms with Crippen LogP contribution >= 0.6 is 0 Å². The van der Waals surface area contributed by atoms with E-state index in [1.165, 1.54) is 0 Å². The average Bonchev–Trinajstić information content (AvgIpc) is 2.67. The number of ether oxygens (including phenoxy) is 1. The van der Waals surface area contributed by atoms with E-state index < -0.39 is 47.9 Å². The monoisotopic (exact) mass is 276 g/mol. The summed E-state index contributed by atoms with van der Waals surface area (Å²) in [5.74, 6) is -4.46. The van der Waals surface area contributed by atoms with Crippen LogP contribution in [0.3, 0.4) is 0 Å². The Morgan fingerprint density at radius 1 is 1.53 bits per heavy atom. The molecule has 1 aliphatic heterocycles. The zero-order valence-electron chi connectivity index (χ0n) is 10.5. The smallest absolute Gasteiger partial charge is 0.322 e. The molecule has 1 fully saturated rings. The second kappa shape index (κ2) is 5.77. The molecule has 2 amide bonds. The van der Waals surface area contributed by atoms with E-state index in [2.05, 4.69) is 4.74 Å². The van der Waals surface area contributed by atoms with E-state index in [-0.39, 0.29) is 6.42 Å². The van der Waals surface area contributed by atoms with Gasteiger partial charge in [0.1, 0.15) is 6.04 Å². The first-order chi connectivity index (χ1) is 8.84. The summed E-state index contributed by atoms with van der Waals surface area (Å²) in [6.45, 7) is 1.09. The number of rotatable bonds is 4. The molecule has 2 atom stereocenters. The zero-order chi connectivity index (χ0) is 14.7. The largest absolute Gasteiger partial charge is 0.468 e. The van der Waals surface area contributed by atoms with Crippen LogP contribution in [0.4, 0.5) is 8.78 Å². The second-order valence-corrected chi connectivity index (χ2v) is 4.03. The molecular weight excluding hydrogens is 262 g/mol. The van der Waals surface area contributed by atoms with E-state index >= 15 is 0 Å². The van der Waals surface area contributed by atoms with E-state index in [0.29, 0.717) is 0 Å². The Balaban J connectivity index is 3.16. The van der Waals surface area contributed by atoms with Crippen molar-refractivity contribution < 1.29 is 27.9 Å². The minimum Gasteiger partial charge on any atom is -0.468 e. The van der Waals surface area contributed by atoms with E-state index in [1.54, 1.807) is 6.92 Å². The molecule has 0 aromatic carbocycles. The van der Waals surface area contributed by atoms with Crippen molar-refractivity contribution in [1.82, 2.24) is 4.90 Å². The van der Waals surface area contributed by atoms with Crippen molar-refractivity contribution in [2.75, 3.05) is 13.7 Å². The van der Waals surface area contributed by atoms with Gasteiger partial charge in [0, 0.05) is 12.1 Å². The molecular formula is C11H14F2N2O4. The van der Waals surface area contributed by atoms with Gasteiger partial charge in [-0.3, -0.25) is 14.4 Å². The molecule has 0 aromatic rings. The number of hydrogen-bond donors (Lipinski definition) is 1. The fourth-order valence-corrected chi connectivity index (χ4v) is 2.04. The predicted molar refractivity (Wildman–Crippen MR) is 59.7 cm³/mol. The molecule has 0 aromatic heterocycles. The highest BCUT2D eigenvalue weighted by molar-refractivity contribution is 6.04. The van der Waals surface area contributed by atoms with Gasteiger partial charge in [0.05, 0.1) is 7.11 Å². The minimum absolute atomic E-state index is 0.177. The maximum atomic E-state index is 12.8. The average molecular weight is 276 g/mol. The maximum absolute atomic E-state index is 12.8. The van der Waals surface area contributed by atoms with Crippen LogP contribution in [0.2, 0.25) is 0 Å². The van der Waals surface area contributed by atoms with Gasteiger partial charge in [0.25, 0.3) is 6.08 Å². The van der Waals surface area contributed by atoms with Gasteiger partial charge in [-0.25, -0.2) is 0 Å². The highest BCUT2D eigenvalue weighted by atomic mass is 19.3. The number of nitrogens with zero attached hydrogens (tertiary/aromatic N) is 1. The third kappa shape index (κ3) is 2.72. The number of carbonyl (C=O) groups is 3. The predicted octanol–water partition coefficient (Wildman–Crippen LogP) is 0.0323. The number of esters is 1. The molecule has 1 rings (SSSR count). The van der Waals surface area contributed by atoms with Crippen molar-refractivity contribution >= 4 is 17.8 Å². The highest BCUT2D eigenvalue weighted by Gasteiger charge is 2.47. The lowest BCUT2D eigenvalue weighted by molar-refractivity contribution is -0.151. The molecule has 2 N–H and O–H groups in total. The van der Waals surface area contributed by atoms with Gasteiger partial charge >= 0.3 is 5.97 Å². The number of methoxy groups -OCH3 is 1. The van der Waals surface area contributed by atoms with Crippen molar-refractivity contribution in [3.05, 3.63) is 11.7 Å². The molecule has 0 saturated carbocycles. The molecule has 0 aliphatic carbocycles. The third-order valence-corrected chi connectivity index (χ3v) is 2.99. The quantitative estimate of drug-likeness (QED) is 0.579. The number of amides is 2. The number of nitrogens with two attached hydrogens (primary N) is 1. The van der Waals surface area contributed by atoms with Gasteiger partial charge in [0.15, 0.2) is 5.92 Å². The second-order valence-electron chi connectivity index (χ2n) is 4.03. The van der Waals surface area contributed by atoms with Crippen LogP contribution in [0.25, 0.3) is 0 Å². The third-order valence-electron chi connectivity index (χ3n) is 2.99. The van der Waals surface area contributed by atoms with Gasteiger partial charge < -0.3 is 15.4 Å². The molecule has 1 heterocycles. The zero-order valence-corrected chi connectivity index (χ0v) is 10.5. The molecule has 0 bridgehead atoms. The Morgan fingerprint density at radius 3 is 2.47 bits per heavy atom. The standard InChI is InChI=1S/C11H14F2N2O4/c1-3-6(9(14)16)15-4-5(8(12)13)7(10(15)17)11(18)19-2/h6-7H,3-4H2,1-2H3,(H2,14,16)/t6-,7?/m0/s1. The molecule has 6 nitrogen and oxygen atoms in total. The first-order valence-corrected chi connectivity index (χ1v) is 5.56. The summed E-state index contributed by atoms with van der Waals surface area (Å²) in [5, 5.41) is 0. The van der Waals surface area contributed by atoms with Gasteiger partial charge in [-0.2, -0.15) is 8.78 Å². The maximum Gasteiger partial charge on any atom is 0.322 e. The fourth-order valence-electron chi connectivity index (χ4n) is 2.04. The lowest BCUT2D eigenvalue weighted by Crippen LogP contribution is -2.46. The molecule has 1 unspecified atom stereocenters. The highest BCUT2D eigenvalue weighted by Crippen LogP contribution is 2.31. The number of likely N-dealkylation sites (tertiary alicyclic amines) is 1. The summed E-state index contributed by atoms with van der Waals surface area (Å²) in [5.41, 5.74) is 4.47. The first-order valence-electron chi connectivity index (χ1n) is 5.56. The Labute approximate surface area is 108 Å². The van der Waals surface area contributed by atoms with Gasteiger partial charge in [-0.1, -0.05) is 6.92 Å². The van der Waals surface area contributed by atoms with Crippen molar-refractivity contribution in [3.8, 4) is 0 Å². The van der Waals surface area contributed by atoms with Crippen molar-refractivity contribution in [2.24, 2.45) is 11.7 Å². The number of primary amides is 1. The minimum atomic E-state index is -2.12. The van der Waals surface area contributed by atoms with Gasteiger partial charge in [-0.05, 0) is 6.42 Å². The number of carbonyl (C=O) groups excluding carboxylic acids is 3. The molecule has 1 aliphatic rings. The summed E-state index contributed by atoms with van der Waals surface area (Å²) < 4.78 is 29.9. The Morgan fingerprint density at radius 2 is 2.11 bits per heavy atom. The van der Waals surface area contributed by atoms with Crippen LogP contribution in [0.15, 0.2) is 11.7 Å². The van der Waals surface area contributed by atoms with Crippen molar-refractivity contribution in [1.29, 1.82) is 0 Å². The summed E-state index contributed by atoms with van der Waals surface area (Å²) in [6.07, 6.45) is -1.94. The lowest BCUT2D eigenvalue weighted by Gasteiger charge is -2.23. The lowest BCUT2D eigenvalue weighted by atomic mass is 10.0. The Hall–Kier alpha value is -1.99. The van der Waals surface area contributed by atoms with E-state index in [0.717, 1.165) is 12.0 Å². The Kier molecular flexibility index (Phi) is 4.57. The summed E-state index contributed by atoms with van der Waals surface area (Å²) in [4.78, 5) is 35.5. The molecule has 8 heteroatoms. The fraction of sp³-hybridized carbons (Fsp3) is 0.545. The van der Waals surface area contributed by atoms with Crippen LogP contribution in [0, 0.1) is 5.92 Å². The van der Waals surface area contributed by atoms with Crippen LogP contribution in [-0.2, 0) is 19.1 Å². The molecule has 1 saturated heterocycles. The summed E-state index contributed by atoms with van der Waals surface area (Å²) in [7, 11) is 0.997. The Bertz CT molecular complexity index is 446. The van der Waals surface area contributed by atoms with Crippen LogP contribution < -0.4 is 5.73 Å². The van der Waals surface area contributed by atoms with E-state index in [1.807, 2.05) is 0 Å². The summed E-state index contributed by atoms with van der Waals surface area (Å²) >= 11 is 0. The van der Waals surface area contributed by atoms with Crippen molar-refractivity contribution in [2.45, 2.75) is 19.4 Å². The summed E-state index contributed by atoms with van der Waals surface area (Å²) in [6, 6.07) is -1.02. The van der Waals surface area contributed by atoms with Crippen LogP contribution in [0.1, 0.15) is 13.3 Å². The normalized spacial score (nSPS) is 20.4. The molecule has 106 valence electrons. The molecule has 0 spiro atoms. The van der Waals surface area contributed by atoms with E-state index in [4.69, 9.17) is 5.73 Å². The number of hydrogen-bond acceptors (Lipinski definition) is 4. The SMILES string of the molecule is CC[C@@H](C(N)=O)N1CC(=C(F)F)C(C(=O)OC)C1=O. The van der Waals surface area contributed by atoms with Crippen LogP contribution in [-0.4, -0.2) is 42.4 Å². The van der Waals surface area contributed by atoms with E-state index in [9.17, 15) is 23.2 Å². The molecule has 19 heavy (non-hydrogen) atoms. The molecule has 0 radical (unpaired) electrons. The van der Waals surface area contributed by atoms with Gasteiger partial charge in [0.2, 0.25) is 11.8 Å². The van der Waals surface area contributed by atoms with Gasteiger partial charge in [-0.15, -0.1) is 0 Å². The van der Waals surface area contributed by atoms with Crippen LogP contribution in [0.5, 0.6) is 0 Å².